The molecule has 0 saturated carbocycles. The molecule has 2 rings (SSSR count). The van der Waals surface area contributed by atoms with Gasteiger partial charge in [0, 0.05) is 5.56 Å². The predicted octanol–water partition coefficient (Wildman–Crippen LogP) is 1.45. The van der Waals surface area contributed by atoms with Gasteiger partial charge < -0.3 is 10.1 Å². The van der Waals surface area contributed by atoms with Crippen molar-refractivity contribution in [3.05, 3.63) is 35.9 Å². The molecule has 0 radical (unpaired) electrons. The van der Waals surface area contributed by atoms with E-state index in [0.29, 0.717) is 5.56 Å². The third kappa shape index (κ3) is 4.66. The average molecular weight is 276 g/mol. The fourth-order valence-electron chi connectivity index (χ4n) is 2.14. The zero-order valence-corrected chi connectivity index (χ0v) is 11.4. The number of hydrogen-bond acceptors (Lipinski definition) is 4. The summed E-state index contributed by atoms with van der Waals surface area (Å²) in [5, 5.41) is 5.74. The first kappa shape index (κ1) is 14.5. The van der Waals surface area contributed by atoms with E-state index in [-0.39, 0.29) is 18.7 Å². The molecule has 5 heteroatoms. The van der Waals surface area contributed by atoms with Crippen LogP contribution >= 0.6 is 0 Å². The van der Waals surface area contributed by atoms with Gasteiger partial charge in [0.15, 0.2) is 6.23 Å². The summed E-state index contributed by atoms with van der Waals surface area (Å²) in [4.78, 5) is 23.4. The molecule has 1 saturated heterocycles. The summed E-state index contributed by atoms with van der Waals surface area (Å²) < 4.78 is 5.29. The van der Waals surface area contributed by atoms with Crippen molar-refractivity contribution in [3.8, 4) is 0 Å². The largest absolute Gasteiger partial charge is 0.445 e. The summed E-state index contributed by atoms with van der Waals surface area (Å²) in [6.07, 6.45) is 3.93. The second-order valence-electron chi connectivity index (χ2n) is 4.83. The molecule has 1 aliphatic heterocycles. The number of ether oxygens (including phenoxy) is 1. The van der Waals surface area contributed by atoms with E-state index in [1.807, 2.05) is 6.07 Å². The molecule has 1 aromatic rings. The lowest BCUT2D eigenvalue weighted by Gasteiger charge is -2.16. The number of amides is 1. The van der Waals surface area contributed by atoms with Crippen LogP contribution in [0.5, 0.6) is 0 Å². The summed E-state index contributed by atoms with van der Waals surface area (Å²) in [5.74, 6) is -0.676. The van der Waals surface area contributed by atoms with Gasteiger partial charge in [-0.25, -0.2) is 0 Å². The topological polar surface area (TPSA) is 67.4 Å². The summed E-state index contributed by atoms with van der Waals surface area (Å²) >= 11 is 0. The van der Waals surface area contributed by atoms with Crippen molar-refractivity contribution in [2.45, 2.75) is 31.9 Å². The highest BCUT2D eigenvalue weighted by atomic mass is 16.6. The average Bonchev–Trinajstić information content (AvgIpc) is 2.74. The van der Waals surface area contributed by atoms with E-state index >= 15 is 0 Å². The van der Waals surface area contributed by atoms with Gasteiger partial charge in [0.05, 0.1) is 0 Å². The summed E-state index contributed by atoms with van der Waals surface area (Å²) in [5.41, 5.74) is 0.535. The Morgan fingerprint density at radius 1 is 1.20 bits per heavy atom. The van der Waals surface area contributed by atoms with Crippen LogP contribution in [0, 0.1) is 0 Å². The van der Waals surface area contributed by atoms with Crippen molar-refractivity contribution in [2.75, 3.05) is 13.1 Å². The van der Waals surface area contributed by atoms with Gasteiger partial charge in [-0.15, -0.1) is 0 Å². The highest BCUT2D eigenvalue weighted by Crippen LogP contribution is 2.09. The second kappa shape index (κ2) is 7.65. The van der Waals surface area contributed by atoms with Crippen LogP contribution in [0.3, 0.4) is 0 Å². The van der Waals surface area contributed by atoms with Gasteiger partial charge >= 0.3 is 5.97 Å². The monoisotopic (exact) mass is 276 g/mol. The molecule has 0 aromatic heterocycles. The van der Waals surface area contributed by atoms with Gasteiger partial charge in [-0.2, -0.15) is 0 Å². The maximum absolute atomic E-state index is 11.8. The number of hydrogen-bond donors (Lipinski definition) is 2. The lowest BCUT2D eigenvalue weighted by molar-refractivity contribution is -0.149. The molecule has 20 heavy (non-hydrogen) atoms. The van der Waals surface area contributed by atoms with Crippen LogP contribution in [-0.4, -0.2) is 31.2 Å². The molecular formula is C15H20N2O3. The van der Waals surface area contributed by atoms with E-state index in [1.54, 1.807) is 24.3 Å². The predicted molar refractivity (Wildman–Crippen MR) is 75.1 cm³/mol. The minimum absolute atomic E-state index is 0.105. The minimum atomic E-state index is -0.409. The first-order valence-electron chi connectivity index (χ1n) is 7.02. The molecule has 0 spiro atoms. The molecule has 1 aliphatic rings. The first-order chi connectivity index (χ1) is 9.75. The van der Waals surface area contributed by atoms with Crippen molar-refractivity contribution in [2.24, 2.45) is 0 Å². The Morgan fingerprint density at radius 2 is 2.00 bits per heavy atom. The molecular weight excluding hydrogens is 256 g/mol. The van der Waals surface area contributed by atoms with Crippen molar-refractivity contribution in [1.29, 1.82) is 0 Å². The van der Waals surface area contributed by atoms with Gasteiger partial charge in [-0.05, 0) is 37.9 Å². The summed E-state index contributed by atoms with van der Waals surface area (Å²) in [7, 11) is 0. The Hall–Kier alpha value is -1.88. The van der Waals surface area contributed by atoms with Crippen molar-refractivity contribution < 1.29 is 14.3 Å². The van der Waals surface area contributed by atoms with Crippen LogP contribution < -0.4 is 10.6 Å². The maximum Gasteiger partial charge on any atom is 0.326 e. The van der Waals surface area contributed by atoms with Crippen LogP contribution in [0.4, 0.5) is 0 Å². The van der Waals surface area contributed by atoms with E-state index in [2.05, 4.69) is 10.6 Å². The van der Waals surface area contributed by atoms with Gasteiger partial charge in [0.2, 0.25) is 0 Å². The van der Waals surface area contributed by atoms with E-state index in [4.69, 9.17) is 4.74 Å². The molecule has 1 atom stereocenters. The van der Waals surface area contributed by atoms with Crippen molar-refractivity contribution in [1.82, 2.24) is 10.6 Å². The first-order valence-corrected chi connectivity index (χ1v) is 7.02. The van der Waals surface area contributed by atoms with Gasteiger partial charge in [-0.1, -0.05) is 24.6 Å². The zero-order chi connectivity index (χ0) is 14.2. The third-order valence-electron chi connectivity index (χ3n) is 3.22. The van der Waals surface area contributed by atoms with Crippen LogP contribution in [0.15, 0.2) is 30.3 Å². The van der Waals surface area contributed by atoms with Gasteiger partial charge in [0.25, 0.3) is 5.91 Å². The number of carbonyl (C=O) groups is 2. The van der Waals surface area contributed by atoms with Gasteiger partial charge in [-0.3, -0.25) is 14.9 Å². The molecule has 2 N–H and O–H groups in total. The Kier molecular flexibility index (Phi) is 5.55. The number of carbonyl (C=O) groups excluding carboxylic acids is 2. The van der Waals surface area contributed by atoms with Crippen LogP contribution in [0.2, 0.25) is 0 Å². The second-order valence-corrected chi connectivity index (χ2v) is 4.83. The third-order valence-corrected chi connectivity index (χ3v) is 3.22. The van der Waals surface area contributed by atoms with E-state index in [1.165, 1.54) is 0 Å². The fraction of sp³-hybridized carbons (Fsp3) is 0.467. The molecule has 1 unspecified atom stereocenters. The van der Waals surface area contributed by atoms with Crippen molar-refractivity contribution >= 4 is 11.9 Å². The number of esters is 1. The summed E-state index contributed by atoms with van der Waals surface area (Å²) in [6.45, 7) is 0.764. The van der Waals surface area contributed by atoms with Crippen LogP contribution in [-0.2, 0) is 9.53 Å². The SMILES string of the molecule is O=C(CNC(=O)c1ccccc1)OC1CCCCCN1. The molecule has 1 heterocycles. The van der Waals surface area contributed by atoms with Gasteiger partial charge in [0.1, 0.15) is 6.54 Å². The highest BCUT2D eigenvalue weighted by Gasteiger charge is 2.16. The summed E-state index contributed by atoms with van der Waals surface area (Å²) in [6, 6.07) is 8.80. The Bertz CT molecular complexity index is 440. The fourth-order valence-corrected chi connectivity index (χ4v) is 2.14. The lowest BCUT2D eigenvalue weighted by Crippen LogP contribution is -2.37. The molecule has 1 amide bonds. The standard InChI is InChI=1S/C15H20N2O3/c18-14(20-13-9-5-2-6-10-16-13)11-17-15(19)12-7-3-1-4-8-12/h1,3-4,7-8,13,16H,2,5-6,9-11H2,(H,17,19). The molecule has 5 nitrogen and oxygen atoms in total. The maximum atomic E-state index is 11.8. The molecule has 1 fully saturated rings. The number of nitrogens with one attached hydrogen (secondary N) is 2. The smallest absolute Gasteiger partial charge is 0.326 e. The van der Waals surface area contributed by atoms with E-state index in [0.717, 1.165) is 32.2 Å². The number of rotatable bonds is 4. The Balaban J connectivity index is 1.73. The quantitative estimate of drug-likeness (QED) is 0.817. The molecule has 0 bridgehead atoms. The van der Waals surface area contributed by atoms with Crippen LogP contribution in [0.25, 0.3) is 0 Å². The minimum Gasteiger partial charge on any atom is -0.445 e. The van der Waals surface area contributed by atoms with Crippen molar-refractivity contribution in [3.63, 3.8) is 0 Å². The normalized spacial score (nSPS) is 18.9. The van der Waals surface area contributed by atoms with E-state index in [9.17, 15) is 9.59 Å². The zero-order valence-electron chi connectivity index (χ0n) is 11.4. The molecule has 1 aromatic carbocycles. The Labute approximate surface area is 118 Å². The van der Waals surface area contributed by atoms with E-state index < -0.39 is 5.97 Å². The number of benzene rings is 1. The Morgan fingerprint density at radius 3 is 2.80 bits per heavy atom. The lowest BCUT2D eigenvalue weighted by atomic mass is 10.2. The molecule has 0 aliphatic carbocycles. The highest BCUT2D eigenvalue weighted by molar-refractivity contribution is 5.95. The molecule has 108 valence electrons. The van der Waals surface area contributed by atoms with Crippen LogP contribution in [0.1, 0.15) is 36.0 Å².